The van der Waals surface area contributed by atoms with Crippen LogP contribution in [0.15, 0.2) is 6.07 Å². The Morgan fingerprint density at radius 2 is 2.13 bits per heavy atom. The van der Waals surface area contributed by atoms with E-state index in [0.29, 0.717) is 6.04 Å². The third kappa shape index (κ3) is 3.08. The number of aromatic nitrogens is 1. The Hall–Kier alpha value is -0.800. The van der Waals surface area contributed by atoms with Gasteiger partial charge in [0, 0.05) is 37.6 Å². The second-order valence-electron chi connectivity index (χ2n) is 4.25. The van der Waals surface area contributed by atoms with E-state index in [9.17, 15) is 0 Å². The Morgan fingerprint density at radius 1 is 1.47 bits per heavy atom. The summed E-state index contributed by atoms with van der Waals surface area (Å²) in [5.74, 6) is 0. The minimum atomic E-state index is 0.251. The van der Waals surface area contributed by atoms with Gasteiger partial charge in [-0.25, -0.2) is 0 Å². The Kier molecular flexibility index (Phi) is 4.36. The van der Waals surface area contributed by atoms with Crippen LogP contribution in [-0.4, -0.2) is 22.3 Å². The van der Waals surface area contributed by atoms with Gasteiger partial charge in [-0.05, 0) is 38.8 Å². The summed E-state index contributed by atoms with van der Waals surface area (Å²) in [6, 6.07) is 2.59. The maximum Gasteiger partial charge on any atom is 0.0445 e. The molecule has 0 saturated heterocycles. The van der Waals surface area contributed by atoms with Crippen LogP contribution in [0.5, 0.6) is 0 Å². The van der Waals surface area contributed by atoms with Gasteiger partial charge in [-0.2, -0.15) is 0 Å². The van der Waals surface area contributed by atoms with E-state index in [4.69, 9.17) is 5.11 Å². The van der Waals surface area contributed by atoms with Crippen LogP contribution in [0, 0.1) is 13.8 Å². The number of aryl methyl sites for hydroxylation is 1. The minimum absolute atomic E-state index is 0.251. The molecule has 0 aliphatic carbocycles. The summed E-state index contributed by atoms with van der Waals surface area (Å²) in [5.41, 5.74) is 3.95. The summed E-state index contributed by atoms with van der Waals surface area (Å²) in [4.78, 5) is 0. The summed E-state index contributed by atoms with van der Waals surface area (Å²) < 4.78 is 2.20. The SMILES string of the molecule is Cc1cc(CNC(C)CCO)c(C)n1C. The summed E-state index contributed by atoms with van der Waals surface area (Å²) in [5, 5.41) is 12.2. The van der Waals surface area contributed by atoms with Gasteiger partial charge in [0.25, 0.3) is 0 Å². The molecule has 1 unspecified atom stereocenters. The Balaban J connectivity index is 2.54. The van der Waals surface area contributed by atoms with Crippen molar-refractivity contribution in [1.82, 2.24) is 9.88 Å². The molecule has 0 amide bonds. The normalized spacial score (nSPS) is 13.1. The summed E-state index contributed by atoms with van der Waals surface area (Å²) in [6.45, 7) is 7.49. The second-order valence-corrected chi connectivity index (χ2v) is 4.25. The van der Waals surface area contributed by atoms with Crippen molar-refractivity contribution in [3.63, 3.8) is 0 Å². The van der Waals surface area contributed by atoms with E-state index in [0.717, 1.165) is 13.0 Å². The van der Waals surface area contributed by atoms with Crippen LogP contribution < -0.4 is 5.32 Å². The van der Waals surface area contributed by atoms with Crippen molar-refractivity contribution >= 4 is 0 Å². The minimum Gasteiger partial charge on any atom is -0.396 e. The molecule has 86 valence electrons. The highest BCUT2D eigenvalue weighted by Crippen LogP contribution is 2.13. The fourth-order valence-corrected chi connectivity index (χ4v) is 1.69. The topological polar surface area (TPSA) is 37.2 Å². The van der Waals surface area contributed by atoms with Crippen LogP contribution >= 0.6 is 0 Å². The van der Waals surface area contributed by atoms with Crippen LogP contribution in [0.25, 0.3) is 0 Å². The molecule has 1 rings (SSSR count). The zero-order valence-electron chi connectivity index (χ0n) is 10.2. The standard InChI is InChI=1S/C12H22N2O/c1-9(5-6-15)13-8-12-7-10(2)14(4)11(12)3/h7,9,13,15H,5-6,8H2,1-4H3. The average molecular weight is 210 g/mol. The molecule has 1 aromatic heterocycles. The van der Waals surface area contributed by atoms with Gasteiger partial charge in [0.05, 0.1) is 0 Å². The van der Waals surface area contributed by atoms with Crippen molar-refractivity contribution in [2.24, 2.45) is 7.05 Å². The van der Waals surface area contributed by atoms with E-state index in [1.165, 1.54) is 17.0 Å². The van der Waals surface area contributed by atoms with Crippen LogP contribution in [0.4, 0.5) is 0 Å². The molecule has 3 heteroatoms. The molecule has 15 heavy (non-hydrogen) atoms. The smallest absolute Gasteiger partial charge is 0.0445 e. The first-order valence-electron chi connectivity index (χ1n) is 5.52. The maximum absolute atomic E-state index is 8.79. The summed E-state index contributed by atoms with van der Waals surface area (Å²) >= 11 is 0. The van der Waals surface area contributed by atoms with Gasteiger partial charge in [-0.3, -0.25) is 0 Å². The fraction of sp³-hybridized carbons (Fsp3) is 0.667. The quantitative estimate of drug-likeness (QED) is 0.773. The highest BCUT2D eigenvalue weighted by Gasteiger charge is 2.07. The van der Waals surface area contributed by atoms with Crippen molar-refractivity contribution in [2.75, 3.05) is 6.61 Å². The molecule has 0 saturated carbocycles. The first kappa shape index (κ1) is 12.3. The fourth-order valence-electron chi connectivity index (χ4n) is 1.69. The van der Waals surface area contributed by atoms with Gasteiger partial charge in [-0.1, -0.05) is 0 Å². The third-order valence-electron chi connectivity index (χ3n) is 3.08. The lowest BCUT2D eigenvalue weighted by atomic mass is 10.2. The molecule has 0 aliphatic heterocycles. The van der Waals surface area contributed by atoms with E-state index >= 15 is 0 Å². The molecule has 0 fully saturated rings. The predicted molar refractivity (Wildman–Crippen MR) is 62.9 cm³/mol. The van der Waals surface area contributed by atoms with Crippen molar-refractivity contribution in [2.45, 2.75) is 39.8 Å². The zero-order chi connectivity index (χ0) is 11.4. The van der Waals surface area contributed by atoms with Gasteiger partial charge in [-0.15, -0.1) is 0 Å². The lowest BCUT2D eigenvalue weighted by Gasteiger charge is -2.12. The van der Waals surface area contributed by atoms with Crippen LogP contribution in [-0.2, 0) is 13.6 Å². The van der Waals surface area contributed by atoms with Gasteiger partial charge >= 0.3 is 0 Å². The third-order valence-corrected chi connectivity index (χ3v) is 3.08. The molecule has 3 nitrogen and oxygen atoms in total. The maximum atomic E-state index is 8.79. The zero-order valence-corrected chi connectivity index (χ0v) is 10.2. The largest absolute Gasteiger partial charge is 0.396 e. The molecule has 1 atom stereocenters. The van der Waals surface area contributed by atoms with Crippen molar-refractivity contribution < 1.29 is 5.11 Å². The summed E-state index contributed by atoms with van der Waals surface area (Å²) in [7, 11) is 2.09. The van der Waals surface area contributed by atoms with E-state index in [1.807, 2.05) is 0 Å². The van der Waals surface area contributed by atoms with E-state index in [-0.39, 0.29) is 6.61 Å². The number of aliphatic hydroxyl groups is 1. The molecule has 0 aliphatic rings. The lowest BCUT2D eigenvalue weighted by molar-refractivity contribution is 0.268. The van der Waals surface area contributed by atoms with Crippen LogP contribution in [0.1, 0.15) is 30.3 Å². The second kappa shape index (κ2) is 5.33. The van der Waals surface area contributed by atoms with Gasteiger partial charge in [0.2, 0.25) is 0 Å². The Labute approximate surface area is 92.1 Å². The van der Waals surface area contributed by atoms with Gasteiger partial charge < -0.3 is 15.0 Å². The van der Waals surface area contributed by atoms with Crippen LogP contribution in [0.2, 0.25) is 0 Å². The van der Waals surface area contributed by atoms with Crippen LogP contribution in [0.3, 0.4) is 0 Å². The molecule has 1 aromatic rings. The Bertz CT molecular complexity index is 318. The van der Waals surface area contributed by atoms with Gasteiger partial charge in [0.15, 0.2) is 0 Å². The molecular formula is C12H22N2O. The molecule has 0 aromatic carbocycles. The molecule has 2 N–H and O–H groups in total. The highest BCUT2D eigenvalue weighted by molar-refractivity contribution is 5.26. The number of nitrogens with zero attached hydrogens (tertiary/aromatic N) is 1. The molecular weight excluding hydrogens is 188 g/mol. The van der Waals surface area contributed by atoms with Crippen molar-refractivity contribution in [1.29, 1.82) is 0 Å². The first-order valence-corrected chi connectivity index (χ1v) is 5.52. The molecule has 0 bridgehead atoms. The predicted octanol–water partition coefficient (Wildman–Crippen LogP) is 1.50. The van der Waals surface area contributed by atoms with E-state index in [1.54, 1.807) is 0 Å². The van der Waals surface area contributed by atoms with E-state index in [2.05, 4.69) is 43.8 Å². The van der Waals surface area contributed by atoms with Crippen molar-refractivity contribution in [3.05, 3.63) is 23.0 Å². The lowest BCUT2D eigenvalue weighted by Crippen LogP contribution is -2.26. The number of hydrogen-bond acceptors (Lipinski definition) is 2. The highest BCUT2D eigenvalue weighted by atomic mass is 16.3. The summed E-state index contributed by atoms with van der Waals surface area (Å²) in [6.07, 6.45) is 0.810. The van der Waals surface area contributed by atoms with Crippen molar-refractivity contribution in [3.8, 4) is 0 Å². The number of aliphatic hydroxyl groups excluding tert-OH is 1. The number of rotatable bonds is 5. The molecule has 1 heterocycles. The number of nitrogens with one attached hydrogen (secondary N) is 1. The monoisotopic (exact) mass is 210 g/mol. The average Bonchev–Trinajstić information content (AvgIpc) is 2.43. The number of hydrogen-bond donors (Lipinski definition) is 2. The van der Waals surface area contributed by atoms with E-state index < -0.39 is 0 Å². The molecule has 0 spiro atoms. The molecule has 0 radical (unpaired) electrons. The van der Waals surface area contributed by atoms with Gasteiger partial charge in [0.1, 0.15) is 0 Å². The Morgan fingerprint density at radius 3 is 2.60 bits per heavy atom. The first-order chi connectivity index (χ1) is 7.06.